The molecule has 3 heteroatoms. The standard InChI is InChI=1S/C20H15FS2/c21-20(23-18-14-8-3-9-15-18)19(16-10-4-1-5-11-16)22-17-12-6-2-7-13-17/h1-15H/b20-19+. The highest BCUT2D eigenvalue weighted by molar-refractivity contribution is 8.10. The first-order chi connectivity index (χ1) is 11.3. The molecule has 0 aliphatic rings. The van der Waals surface area contributed by atoms with Gasteiger partial charge in [-0.25, -0.2) is 0 Å². The van der Waals surface area contributed by atoms with E-state index in [-0.39, 0.29) is 5.16 Å². The number of rotatable bonds is 5. The van der Waals surface area contributed by atoms with Crippen LogP contribution in [0.15, 0.2) is 106 Å². The number of benzene rings is 3. The molecular weight excluding hydrogens is 323 g/mol. The Morgan fingerprint density at radius 2 is 1.00 bits per heavy atom. The van der Waals surface area contributed by atoms with Gasteiger partial charge >= 0.3 is 0 Å². The third-order valence-electron chi connectivity index (χ3n) is 3.13. The van der Waals surface area contributed by atoms with Crippen LogP contribution in [0.1, 0.15) is 5.56 Å². The highest BCUT2D eigenvalue weighted by atomic mass is 32.2. The molecule has 3 aromatic rings. The minimum Gasteiger partial charge on any atom is -0.198 e. The van der Waals surface area contributed by atoms with E-state index in [1.807, 2.05) is 91.0 Å². The van der Waals surface area contributed by atoms with E-state index >= 15 is 0 Å². The lowest BCUT2D eigenvalue weighted by Gasteiger charge is -2.10. The van der Waals surface area contributed by atoms with Crippen molar-refractivity contribution in [3.05, 3.63) is 102 Å². The summed E-state index contributed by atoms with van der Waals surface area (Å²) < 4.78 is 14.9. The molecule has 0 spiro atoms. The summed E-state index contributed by atoms with van der Waals surface area (Å²) in [6.07, 6.45) is 0. The van der Waals surface area contributed by atoms with E-state index in [2.05, 4.69) is 0 Å². The smallest absolute Gasteiger partial charge is 0.175 e. The van der Waals surface area contributed by atoms with Crippen LogP contribution >= 0.6 is 23.5 Å². The topological polar surface area (TPSA) is 0 Å². The quantitative estimate of drug-likeness (QED) is 0.466. The maximum atomic E-state index is 14.9. The molecule has 0 radical (unpaired) electrons. The van der Waals surface area contributed by atoms with Crippen molar-refractivity contribution in [2.24, 2.45) is 0 Å². The van der Waals surface area contributed by atoms with Crippen molar-refractivity contribution in [2.75, 3.05) is 0 Å². The van der Waals surface area contributed by atoms with Crippen molar-refractivity contribution in [1.29, 1.82) is 0 Å². The Morgan fingerprint density at radius 1 is 0.565 bits per heavy atom. The summed E-state index contributed by atoms with van der Waals surface area (Å²) in [6, 6.07) is 29.2. The first-order valence-electron chi connectivity index (χ1n) is 7.24. The first kappa shape index (κ1) is 15.9. The highest BCUT2D eigenvalue weighted by Gasteiger charge is 2.13. The van der Waals surface area contributed by atoms with Gasteiger partial charge < -0.3 is 0 Å². The van der Waals surface area contributed by atoms with Gasteiger partial charge in [0, 0.05) is 9.79 Å². The molecule has 0 saturated carbocycles. The largest absolute Gasteiger partial charge is 0.198 e. The van der Waals surface area contributed by atoms with Crippen LogP contribution in [0.4, 0.5) is 4.39 Å². The third kappa shape index (κ3) is 4.50. The zero-order valence-corrected chi connectivity index (χ0v) is 14.0. The van der Waals surface area contributed by atoms with Gasteiger partial charge in [-0.15, -0.1) is 0 Å². The predicted molar refractivity (Wildman–Crippen MR) is 99.1 cm³/mol. The van der Waals surface area contributed by atoms with E-state index in [9.17, 15) is 4.39 Å². The number of hydrogen-bond donors (Lipinski definition) is 0. The molecule has 0 fully saturated rings. The fourth-order valence-electron chi connectivity index (χ4n) is 2.05. The second-order valence-electron chi connectivity index (χ2n) is 4.80. The molecule has 0 aromatic heterocycles. The van der Waals surface area contributed by atoms with E-state index in [0.717, 1.165) is 27.1 Å². The van der Waals surface area contributed by atoms with Crippen molar-refractivity contribution in [2.45, 2.75) is 9.79 Å². The van der Waals surface area contributed by atoms with E-state index in [4.69, 9.17) is 0 Å². The summed E-state index contributed by atoms with van der Waals surface area (Å²) >= 11 is 2.61. The first-order valence-corrected chi connectivity index (χ1v) is 8.87. The molecule has 0 nitrogen and oxygen atoms in total. The van der Waals surface area contributed by atoms with Gasteiger partial charge in [-0.05, 0) is 29.8 Å². The van der Waals surface area contributed by atoms with Gasteiger partial charge in [-0.3, -0.25) is 0 Å². The lowest BCUT2D eigenvalue weighted by atomic mass is 10.2. The summed E-state index contributed by atoms with van der Waals surface area (Å²) in [7, 11) is 0. The molecule has 114 valence electrons. The third-order valence-corrected chi connectivity index (χ3v) is 5.28. The predicted octanol–water partition coefficient (Wildman–Crippen LogP) is 6.87. The summed E-state index contributed by atoms with van der Waals surface area (Å²) in [4.78, 5) is 2.56. The molecule has 23 heavy (non-hydrogen) atoms. The van der Waals surface area contributed by atoms with Gasteiger partial charge in [-0.2, -0.15) is 4.39 Å². The van der Waals surface area contributed by atoms with E-state index < -0.39 is 0 Å². The number of thioether (sulfide) groups is 2. The lowest BCUT2D eigenvalue weighted by Crippen LogP contribution is -1.83. The van der Waals surface area contributed by atoms with Gasteiger partial charge in [-0.1, -0.05) is 90.3 Å². The zero-order chi connectivity index (χ0) is 15.9. The Kier molecular flexibility index (Phi) is 5.56. The van der Waals surface area contributed by atoms with Crippen LogP contribution in [0, 0.1) is 0 Å². The maximum Gasteiger partial charge on any atom is 0.175 e. The normalized spacial score (nSPS) is 11.9. The molecule has 0 bridgehead atoms. The molecule has 0 N–H and O–H groups in total. The van der Waals surface area contributed by atoms with Crippen molar-refractivity contribution >= 4 is 28.4 Å². The molecule has 3 aromatic carbocycles. The summed E-state index contributed by atoms with van der Waals surface area (Å²) in [5.41, 5.74) is 0.891. The van der Waals surface area contributed by atoms with Crippen molar-refractivity contribution < 1.29 is 4.39 Å². The van der Waals surface area contributed by atoms with Crippen LogP contribution in [-0.2, 0) is 0 Å². The minimum absolute atomic E-state index is 0.184. The molecule has 0 amide bonds. The Balaban J connectivity index is 1.95. The summed E-state index contributed by atoms with van der Waals surface area (Å²) in [5, 5.41) is -0.184. The minimum atomic E-state index is -0.184. The van der Waals surface area contributed by atoms with Crippen LogP contribution < -0.4 is 0 Å². The van der Waals surface area contributed by atoms with Gasteiger partial charge in [0.2, 0.25) is 0 Å². The SMILES string of the molecule is F/C(Sc1ccccc1)=C(\Sc1ccccc1)c1ccccc1. The van der Waals surface area contributed by atoms with Crippen molar-refractivity contribution in [3.63, 3.8) is 0 Å². The molecular formula is C20H15FS2. The average Bonchev–Trinajstić information content (AvgIpc) is 2.62. The van der Waals surface area contributed by atoms with Gasteiger partial charge in [0.15, 0.2) is 5.16 Å². The lowest BCUT2D eigenvalue weighted by molar-refractivity contribution is 0.705. The average molecular weight is 338 g/mol. The Labute approximate surface area is 144 Å². The Hall–Kier alpha value is -1.97. The van der Waals surface area contributed by atoms with Crippen LogP contribution in [0.2, 0.25) is 0 Å². The Bertz CT molecular complexity index is 769. The second kappa shape index (κ2) is 8.04. The zero-order valence-electron chi connectivity index (χ0n) is 12.4. The summed E-state index contributed by atoms with van der Waals surface area (Å²) in [5.74, 6) is 0. The monoisotopic (exact) mass is 338 g/mol. The molecule has 0 atom stereocenters. The molecule has 0 saturated heterocycles. The van der Waals surface area contributed by atoms with Gasteiger partial charge in [0.05, 0.1) is 4.91 Å². The van der Waals surface area contributed by atoms with E-state index in [0.29, 0.717) is 4.91 Å². The van der Waals surface area contributed by atoms with E-state index in [1.165, 1.54) is 11.8 Å². The van der Waals surface area contributed by atoms with Crippen LogP contribution in [-0.4, -0.2) is 0 Å². The fourth-order valence-corrected chi connectivity index (χ4v) is 3.87. The highest BCUT2D eigenvalue weighted by Crippen LogP contribution is 2.42. The van der Waals surface area contributed by atoms with E-state index in [1.54, 1.807) is 0 Å². The molecule has 0 heterocycles. The van der Waals surface area contributed by atoms with Crippen LogP contribution in [0.3, 0.4) is 0 Å². The molecule has 0 aliphatic heterocycles. The van der Waals surface area contributed by atoms with Crippen LogP contribution in [0.25, 0.3) is 4.91 Å². The maximum absolute atomic E-state index is 14.9. The second-order valence-corrected chi connectivity index (χ2v) is 6.92. The van der Waals surface area contributed by atoms with Crippen molar-refractivity contribution in [3.8, 4) is 0 Å². The van der Waals surface area contributed by atoms with Gasteiger partial charge in [0.25, 0.3) is 0 Å². The molecule has 3 rings (SSSR count). The van der Waals surface area contributed by atoms with Crippen molar-refractivity contribution in [1.82, 2.24) is 0 Å². The van der Waals surface area contributed by atoms with Crippen LogP contribution in [0.5, 0.6) is 0 Å². The fraction of sp³-hybridized carbons (Fsp3) is 0. The Morgan fingerprint density at radius 3 is 1.52 bits per heavy atom. The molecule has 0 aliphatic carbocycles. The number of hydrogen-bond acceptors (Lipinski definition) is 2. The van der Waals surface area contributed by atoms with Gasteiger partial charge in [0.1, 0.15) is 0 Å². The number of halogens is 1. The molecule has 0 unspecified atom stereocenters. The summed E-state index contributed by atoms with van der Waals surface area (Å²) in [6.45, 7) is 0.